The van der Waals surface area contributed by atoms with Crippen molar-refractivity contribution in [3.63, 3.8) is 0 Å². The molecule has 2 unspecified atom stereocenters. The van der Waals surface area contributed by atoms with E-state index in [1.54, 1.807) is 31.5 Å². The van der Waals surface area contributed by atoms with E-state index in [1.807, 2.05) is 20.8 Å². The van der Waals surface area contributed by atoms with Crippen molar-refractivity contribution in [3.8, 4) is 0 Å². The molecule has 0 saturated carbocycles. The van der Waals surface area contributed by atoms with Crippen molar-refractivity contribution in [1.29, 1.82) is 0 Å². The van der Waals surface area contributed by atoms with Gasteiger partial charge in [0.15, 0.2) is 0 Å². The van der Waals surface area contributed by atoms with Gasteiger partial charge < -0.3 is 15.2 Å². The third-order valence-electron chi connectivity index (χ3n) is 2.81. The van der Waals surface area contributed by atoms with Gasteiger partial charge in [-0.05, 0) is 30.0 Å². The summed E-state index contributed by atoms with van der Waals surface area (Å²) < 4.78 is 5.11. The molecule has 0 saturated heterocycles. The smallest absolute Gasteiger partial charge is 0.407 e. The number of carbonyl (C=O) groups excluding carboxylic acids is 1. The number of alkyl carbamates (subject to hydrolysis) is 1. The zero-order valence-corrected chi connectivity index (χ0v) is 11.9. The predicted octanol–water partition coefficient (Wildman–Crippen LogP) is 2.10. The van der Waals surface area contributed by atoms with Gasteiger partial charge in [-0.25, -0.2) is 4.79 Å². The van der Waals surface area contributed by atoms with Gasteiger partial charge in [-0.15, -0.1) is 0 Å². The second-order valence-electron chi connectivity index (χ2n) is 5.66. The van der Waals surface area contributed by atoms with Crippen LogP contribution < -0.4 is 5.32 Å². The summed E-state index contributed by atoms with van der Waals surface area (Å²) in [6, 6.07) is 3.20. The SMILES string of the molecule is CC(O)C(NC(=O)OCc1ccncc1)C(C)(C)C. The summed E-state index contributed by atoms with van der Waals surface area (Å²) in [5.74, 6) is 0. The van der Waals surface area contributed by atoms with E-state index in [0.717, 1.165) is 5.56 Å². The number of aliphatic hydroxyl groups is 1. The van der Waals surface area contributed by atoms with Gasteiger partial charge in [0.25, 0.3) is 0 Å². The van der Waals surface area contributed by atoms with Gasteiger partial charge in [-0.1, -0.05) is 20.8 Å². The Morgan fingerprint density at radius 2 is 2.00 bits per heavy atom. The maximum absolute atomic E-state index is 11.7. The normalized spacial score (nSPS) is 14.6. The van der Waals surface area contributed by atoms with E-state index in [4.69, 9.17) is 4.74 Å². The van der Waals surface area contributed by atoms with Crippen molar-refractivity contribution in [2.24, 2.45) is 5.41 Å². The van der Waals surface area contributed by atoms with Crippen LogP contribution in [0.1, 0.15) is 33.3 Å². The van der Waals surface area contributed by atoms with E-state index in [-0.39, 0.29) is 18.1 Å². The van der Waals surface area contributed by atoms with E-state index < -0.39 is 12.2 Å². The molecule has 1 aromatic heterocycles. The van der Waals surface area contributed by atoms with Gasteiger partial charge in [0.05, 0.1) is 12.1 Å². The van der Waals surface area contributed by atoms with Crippen molar-refractivity contribution in [3.05, 3.63) is 30.1 Å². The molecule has 0 radical (unpaired) electrons. The summed E-state index contributed by atoms with van der Waals surface area (Å²) in [7, 11) is 0. The Morgan fingerprint density at radius 3 is 2.47 bits per heavy atom. The maximum Gasteiger partial charge on any atom is 0.407 e. The zero-order chi connectivity index (χ0) is 14.5. The molecule has 1 rings (SSSR count). The second kappa shape index (κ2) is 6.52. The van der Waals surface area contributed by atoms with Crippen LogP contribution in [0.5, 0.6) is 0 Å². The van der Waals surface area contributed by atoms with Gasteiger partial charge in [0.2, 0.25) is 0 Å². The van der Waals surface area contributed by atoms with Gasteiger partial charge in [-0.2, -0.15) is 0 Å². The average molecular weight is 266 g/mol. The molecule has 0 bridgehead atoms. The summed E-state index contributed by atoms with van der Waals surface area (Å²) in [5.41, 5.74) is 0.624. The molecule has 2 atom stereocenters. The van der Waals surface area contributed by atoms with Crippen LogP contribution in [0, 0.1) is 5.41 Å². The van der Waals surface area contributed by atoms with Crippen LogP contribution in [-0.2, 0) is 11.3 Å². The number of amides is 1. The molecule has 5 heteroatoms. The number of hydrogen-bond acceptors (Lipinski definition) is 4. The lowest BCUT2D eigenvalue weighted by Crippen LogP contribution is -2.50. The molecule has 2 N–H and O–H groups in total. The monoisotopic (exact) mass is 266 g/mol. The molecule has 0 aliphatic heterocycles. The van der Waals surface area contributed by atoms with Crippen LogP contribution in [0.15, 0.2) is 24.5 Å². The molecule has 19 heavy (non-hydrogen) atoms. The van der Waals surface area contributed by atoms with E-state index in [0.29, 0.717) is 0 Å². The van der Waals surface area contributed by atoms with E-state index in [1.165, 1.54) is 0 Å². The number of nitrogens with one attached hydrogen (secondary N) is 1. The van der Waals surface area contributed by atoms with Crippen LogP contribution in [0.3, 0.4) is 0 Å². The molecule has 5 nitrogen and oxygen atoms in total. The number of ether oxygens (including phenoxy) is 1. The molecule has 0 spiro atoms. The van der Waals surface area contributed by atoms with Crippen molar-refractivity contribution in [2.45, 2.75) is 46.4 Å². The van der Waals surface area contributed by atoms with Crippen molar-refractivity contribution in [1.82, 2.24) is 10.3 Å². The Balaban J connectivity index is 2.50. The average Bonchev–Trinajstić information content (AvgIpc) is 2.33. The molecular formula is C14H22N2O3. The van der Waals surface area contributed by atoms with Gasteiger partial charge in [0.1, 0.15) is 6.61 Å². The number of carbonyl (C=O) groups is 1. The van der Waals surface area contributed by atoms with Gasteiger partial charge in [0, 0.05) is 12.4 Å². The Hall–Kier alpha value is -1.62. The highest BCUT2D eigenvalue weighted by molar-refractivity contribution is 5.67. The van der Waals surface area contributed by atoms with Crippen LogP contribution in [-0.4, -0.2) is 28.3 Å². The first kappa shape index (κ1) is 15.4. The number of nitrogens with zero attached hydrogens (tertiary/aromatic N) is 1. The Labute approximate surface area is 114 Å². The molecular weight excluding hydrogens is 244 g/mol. The van der Waals surface area contributed by atoms with Crippen LogP contribution >= 0.6 is 0 Å². The highest BCUT2D eigenvalue weighted by atomic mass is 16.5. The third-order valence-corrected chi connectivity index (χ3v) is 2.81. The molecule has 0 aliphatic rings. The number of aliphatic hydroxyl groups excluding tert-OH is 1. The molecule has 0 fully saturated rings. The molecule has 106 valence electrons. The van der Waals surface area contributed by atoms with Crippen molar-refractivity contribution >= 4 is 6.09 Å². The minimum absolute atomic E-state index is 0.186. The molecule has 1 heterocycles. The summed E-state index contributed by atoms with van der Waals surface area (Å²) in [6.45, 7) is 7.69. The second-order valence-corrected chi connectivity index (χ2v) is 5.66. The maximum atomic E-state index is 11.7. The fraction of sp³-hybridized carbons (Fsp3) is 0.571. The Bertz CT molecular complexity index is 399. The van der Waals surface area contributed by atoms with Crippen LogP contribution in [0.4, 0.5) is 4.79 Å². The number of pyridine rings is 1. The summed E-state index contributed by atoms with van der Waals surface area (Å²) in [5, 5.41) is 12.4. The summed E-state index contributed by atoms with van der Waals surface area (Å²) in [4.78, 5) is 15.6. The van der Waals surface area contributed by atoms with E-state index in [2.05, 4.69) is 10.3 Å². The third kappa shape index (κ3) is 5.26. The summed E-state index contributed by atoms with van der Waals surface area (Å²) >= 11 is 0. The largest absolute Gasteiger partial charge is 0.445 e. The lowest BCUT2D eigenvalue weighted by molar-refractivity contribution is 0.0704. The summed E-state index contributed by atoms with van der Waals surface area (Å²) in [6.07, 6.45) is 2.11. The number of hydrogen-bond donors (Lipinski definition) is 2. The highest BCUT2D eigenvalue weighted by Gasteiger charge is 2.30. The van der Waals surface area contributed by atoms with Crippen molar-refractivity contribution < 1.29 is 14.6 Å². The van der Waals surface area contributed by atoms with Gasteiger partial charge in [-0.3, -0.25) is 4.98 Å². The molecule has 0 aliphatic carbocycles. The zero-order valence-electron chi connectivity index (χ0n) is 11.9. The fourth-order valence-electron chi connectivity index (χ4n) is 1.86. The van der Waals surface area contributed by atoms with E-state index in [9.17, 15) is 9.90 Å². The Kier molecular flexibility index (Phi) is 5.30. The highest BCUT2D eigenvalue weighted by Crippen LogP contribution is 2.22. The number of rotatable bonds is 4. The number of aromatic nitrogens is 1. The van der Waals surface area contributed by atoms with Crippen LogP contribution in [0.2, 0.25) is 0 Å². The minimum Gasteiger partial charge on any atom is -0.445 e. The molecule has 1 aromatic rings. The topological polar surface area (TPSA) is 71.5 Å². The first-order valence-electron chi connectivity index (χ1n) is 6.31. The lowest BCUT2D eigenvalue weighted by atomic mass is 9.84. The standard InChI is InChI=1S/C14H22N2O3/c1-10(17)12(14(2,3)4)16-13(18)19-9-11-5-7-15-8-6-11/h5-8,10,12,17H,9H2,1-4H3,(H,16,18). The van der Waals surface area contributed by atoms with Crippen molar-refractivity contribution in [2.75, 3.05) is 0 Å². The van der Waals surface area contributed by atoms with E-state index >= 15 is 0 Å². The Morgan fingerprint density at radius 1 is 1.42 bits per heavy atom. The molecule has 0 aromatic carbocycles. The lowest BCUT2D eigenvalue weighted by Gasteiger charge is -2.33. The first-order chi connectivity index (χ1) is 8.80. The quantitative estimate of drug-likeness (QED) is 0.875. The predicted molar refractivity (Wildman–Crippen MR) is 72.5 cm³/mol. The minimum atomic E-state index is -0.645. The molecule has 1 amide bonds. The van der Waals surface area contributed by atoms with Crippen LogP contribution in [0.25, 0.3) is 0 Å². The fourth-order valence-corrected chi connectivity index (χ4v) is 1.86. The van der Waals surface area contributed by atoms with Gasteiger partial charge >= 0.3 is 6.09 Å². The first-order valence-corrected chi connectivity index (χ1v) is 6.31.